The summed E-state index contributed by atoms with van der Waals surface area (Å²) in [6.07, 6.45) is 2.08. The van der Waals surface area contributed by atoms with Gasteiger partial charge in [0.25, 0.3) is 0 Å². The number of para-hydroxylation sites is 2. The average molecular weight is 791 g/mol. The summed E-state index contributed by atoms with van der Waals surface area (Å²) in [4.78, 5) is 5.22. The molecule has 296 valence electrons. The van der Waals surface area contributed by atoms with Crippen molar-refractivity contribution < 1.29 is 9.30 Å². The first kappa shape index (κ1) is 36.0. The molecule has 7 aromatic carbocycles. The normalized spacial score (nSPS) is 17.6. The van der Waals surface area contributed by atoms with Gasteiger partial charge in [0.05, 0.1) is 22.6 Å². The molecule has 4 aliphatic rings. The van der Waals surface area contributed by atoms with Crippen LogP contribution in [0.3, 0.4) is 0 Å². The number of hydrogen-bond donors (Lipinski definition) is 0. The first-order valence-electron chi connectivity index (χ1n) is 21.6. The molecule has 5 heterocycles. The lowest BCUT2D eigenvalue weighted by Crippen LogP contribution is -2.71. The molecular formula is C57H48N3O+. The van der Waals surface area contributed by atoms with Gasteiger partial charge in [0.2, 0.25) is 5.69 Å². The van der Waals surface area contributed by atoms with Gasteiger partial charge in [-0.3, -0.25) is 0 Å². The van der Waals surface area contributed by atoms with E-state index >= 15 is 0 Å². The number of ether oxygens (including phenoxy) is 1. The molecular weight excluding hydrogens is 743 g/mol. The van der Waals surface area contributed by atoms with Gasteiger partial charge in [-0.2, -0.15) is 0 Å². The number of nitrogens with zero attached hydrogens (tertiary/aromatic N) is 3. The smallest absolute Gasteiger partial charge is 0.410 e. The standard InChI is InChI=1S/C57H48N3O/c1-55(2,3)41-28-29-48(45(33-41)39-18-11-8-12-19-39)59-49-22-15-21-43-46-34-42(56(4,5)6)35-47-50-32-40(38-26-24-37(25-27-38)36-16-9-7-10-17-36)30-31-58(50)57(52(46)47)60(53(43)49)54(59)44-20-13-14-23-51(44)61-57/h7-35,54H,1-6H3/q+1. The molecule has 0 N–H and O–H groups in total. The summed E-state index contributed by atoms with van der Waals surface area (Å²) in [5.41, 5.74) is 20.5. The molecule has 0 amide bonds. The quantitative estimate of drug-likeness (QED) is 0.166. The topological polar surface area (TPSA) is 19.6 Å². The Kier molecular flexibility index (Phi) is 7.41. The van der Waals surface area contributed by atoms with E-state index in [-0.39, 0.29) is 17.0 Å². The van der Waals surface area contributed by atoms with Crippen LogP contribution < -0.4 is 19.1 Å². The summed E-state index contributed by atoms with van der Waals surface area (Å²) in [5, 5.41) is 0. The highest BCUT2D eigenvalue weighted by Crippen LogP contribution is 2.67. The summed E-state index contributed by atoms with van der Waals surface area (Å²) >= 11 is 0. The SMILES string of the molecule is CC(C)(C)c1ccc(N2c3cccc4c3N3C2c2ccccc2OC32c3c-4cc(C(C)(C)C)cc3-c3cc(-c4ccc(-c5ccccc5)cc4)cc[n+]32)c(-c2ccccc2)c1. The van der Waals surface area contributed by atoms with Crippen LogP contribution in [0.5, 0.6) is 5.75 Å². The molecule has 1 spiro atoms. The second-order valence-corrected chi connectivity index (χ2v) is 19.2. The van der Waals surface area contributed by atoms with Crippen molar-refractivity contribution in [1.29, 1.82) is 0 Å². The lowest BCUT2D eigenvalue weighted by molar-refractivity contribution is -0.774. The zero-order valence-corrected chi connectivity index (χ0v) is 35.6. The molecule has 12 rings (SSSR count). The predicted molar refractivity (Wildman–Crippen MR) is 249 cm³/mol. The summed E-state index contributed by atoms with van der Waals surface area (Å²) < 4.78 is 10.1. The van der Waals surface area contributed by atoms with Crippen LogP contribution >= 0.6 is 0 Å². The molecule has 61 heavy (non-hydrogen) atoms. The zero-order chi connectivity index (χ0) is 41.4. The third-order valence-electron chi connectivity index (χ3n) is 13.5. The molecule has 0 aliphatic carbocycles. The maximum atomic E-state index is 7.70. The van der Waals surface area contributed by atoms with Gasteiger partial charge in [-0.1, -0.05) is 163 Å². The van der Waals surface area contributed by atoms with Crippen molar-refractivity contribution in [1.82, 2.24) is 0 Å². The summed E-state index contributed by atoms with van der Waals surface area (Å²) in [5.74, 6) is -0.0864. The molecule has 4 aliphatic heterocycles. The molecule has 4 nitrogen and oxygen atoms in total. The fourth-order valence-corrected chi connectivity index (χ4v) is 10.4. The number of fused-ring (bicyclic) bond motifs is 5. The van der Waals surface area contributed by atoms with Crippen LogP contribution in [0.1, 0.15) is 70.0 Å². The van der Waals surface area contributed by atoms with Gasteiger partial charge in [-0.05, 0) is 86.2 Å². The largest absolute Gasteiger partial charge is 0.432 e. The molecule has 0 saturated carbocycles. The van der Waals surface area contributed by atoms with Gasteiger partial charge < -0.3 is 9.64 Å². The molecule has 8 aromatic rings. The lowest BCUT2D eigenvalue weighted by Gasteiger charge is -2.47. The highest BCUT2D eigenvalue weighted by atomic mass is 16.5. The fraction of sp³-hybridized carbons (Fsp3) is 0.175. The van der Waals surface area contributed by atoms with E-state index in [1.54, 1.807) is 0 Å². The van der Waals surface area contributed by atoms with Crippen molar-refractivity contribution in [3.05, 3.63) is 198 Å². The van der Waals surface area contributed by atoms with E-state index in [0.717, 1.165) is 17.0 Å². The second-order valence-electron chi connectivity index (χ2n) is 19.2. The summed E-state index contributed by atoms with van der Waals surface area (Å²) in [6.45, 7) is 13.9. The summed E-state index contributed by atoms with van der Waals surface area (Å²) in [7, 11) is 0. The van der Waals surface area contributed by atoms with Gasteiger partial charge in [0.15, 0.2) is 6.20 Å². The molecule has 4 heteroatoms. The van der Waals surface area contributed by atoms with Crippen LogP contribution in [0, 0.1) is 0 Å². The molecule has 0 bridgehead atoms. The molecule has 2 unspecified atom stereocenters. The highest BCUT2D eigenvalue weighted by molar-refractivity contribution is 6.03. The lowest BCUT2D eigenvalue weighted by atomic mass is 9.79. The van der Waals surface area contributed by atoms with Crippen LogP contribution in [0.15, 0.2) is 176 Å². The Morgan fingerprint density at radius 3 is 1.84 bits per heavy atom. The molecule has 0 radical (unpaired) electrons. The van der Waals surface area contributed by atoms with E-state index < -0.39 is 5.85 Å². The third kappa shape index (κ3) is 5.08. The summed E-state index contributed by atoms with van der Waals surface area (Å²) in [6, 6.07) is 62.9. The van der Waals surface area contributed by atoms with Gasteiger partial charge in [0.1, 0.15) is 17.5 Å². The van der Waals surface area contributed by atoms with Gasteiger partial charge >= 0.3 is 5.85 Å². The van der Waals surface area contributed by atoms with E-state index in [9.17, 15) is 0 Å². The van der Waals surface area contributed by atoms with Crippen LogP contribution in [-0.4, -0.2) is 0 Å². The van der Waals surface area contributed by atoms with Crippen molar-refractivity contribution in [3.63, 3.8) is 0 Å². The van der Waals surface area contributed by atoms with Crippen molar-refractivity contribution >= 4 is 17.1 Å². The molecule has 0 fully saturated rings. The number of anilines is 3. The third-order valence-corrected chi connectivity index (χ3v) is 13.5. The molecule has 0 saturated heterocycles. The number of rotatable bonds is 4. The van der Waals surface area contributed by atoms with Crippen LogP contribution in [-0.2, 0) is 16.7 Å². The zero-order valence-electron chi connectivity index (χ0n) is 35.6. The number of aromatic nitrogens is 1. The van der Waals surface area contributed by atoms with E-state index in [1.165, 1.54) is 83.8 Å². The predicted octanol–water partition coefficient (Wildman–Crippen LogP) is 13.9. The van der Waals surface area contributed by atoms with Crippen molar-refractivity contribution in [2.24, 2.45) is 0 Å². The highest BCUT2D eigenvalue weighted by Gasteiger charge is 2.70. The van der Waals surface area contributed by atoms with E-state index in [2.05, 4.69) is 232 Å². The van der Waals surface area contributed by atoms with Gasteiger partial charge in [-0.15, -0.1) is 4.57 Å². The van der Waals surface area contributed by atoms with E-state index in [0.29, 0.717) is 0 Å². The first-order chi connectivity index (χ1) is 29.5. The van der Waals surface area contributed by atoms with Crippen molar-refractivity contribution in [2.75, 3.05) is 9.80 Å². The van der Waals surface area contributed by atoms with Crippen LogP contribution in [0.25, 0.3) is 55.8 Å². The minimum atomic E-state index is -0.985. The van der Waals surface area contributed by atoms with Crippen LogP contribution in [0.2, 0.25) is 0 Å². The number of benzene rings is 7. The minimum Gasteiger partial charge on any atom is -0.410 e. The maximum Gasteiger partial charge on any atom is 0.432 e. The van der Waals surface area contributed by atoms with Gasteiger partial charge in [0, 0.05) is 34.4 Å². The second kappa shape index (κ2) is 12.6. The van der Waals surface area contributed by atoms with E-state index in [1.807, 2.05) is 0 Å². The van der Waals surface area contributed by atoms with Gasteiger partial charge in [-0.25, -0.2) is 4.90 Å². The fourth-order valence-electron chi connectivity index (χ4n) is 10.4. The van der Waals surface area contributed by atoms with Crippen molar-refractivity contribution in [2.45, 2.75) is 64.4 Å². The number of pyridine rings is 1. The Morgan fingerprint density at radius 1 is 0.492 bits per heavy atom. The Labute approximate surface area is 359 Å². The Balaban J connectivity index is 1.13. The Morgan fingerprint density at radius 2 is 1.11 bits per heavy atom. The maximum absolute atomic E-state index is 7.70. The minimum absolute atomic E-state index is 0.0156. The first-order valence-corrected chi connectivity index (χ1v) is 21.6. The molecule has 2 atom stereocenters. The van der Waals surface area contributed by atoms with Crippen LogP contribution in [0.4, 0.5) is 17.1 Å². The Hall–Kier alpha value is -6.91. The van der Waals surface area contributed by atoms with E-state index in [4.69, 9.17) is 4.74 Å². The van der Waals surface area contributed by atoms with Crippen molar-refractivity contribution in [3.8, 4) is 61.5 Å². The number of hydrogen-bond acceptors (Lipinski definition) is 3. The Bertz CT molecular complexity index is 3080. The average Bonchev–Trinajstić information content (AvgIpc) is 3.77. The molecule has 1 aromatic heterocycles. The monoisotopic (exact) mass is 790 g/mol.